The molecule has 24 heavy (non-hydrogen) atoms. The molecule has 1 aliphatic rings. The van der Waals surface area contributed by atoms with E-state index in [-0.39, 0.29) is 24.9 Å². The molecule has 0 aliphatic carbocycles. The van der Waals surface area contributed by atoms with Crippen LogP contribution in [0.4, 0.5) is 0 Å². The third-order valence-corrected chi connectivity index (χ3v) is 4.02. The van der Waals surface area contributed by atoms with E-state index >= 15 is 0 Å². The number of hydrogen-bond acceptors (Lipinski definition) is 4. The average molecular weight is 329 g/mol. The van der Waals surface area contributed by atoms with Crippen molar-refractivity contribution in [3.05, 3.63) is 62.4 Å². The molecule has 0 saturated heterocycles. The summed E-state index contributed by atoms with van der Waals surface area (Å²) in [4.78, 5) is 37.0. The molecule has 0 saturated carbocycles. The number of aromatic amines is 1. The van der Waals surface area contributed by atoms with Gasteiger partial charge in [-0.15, -0.1) is 0 Å². The SMILES string of the molecule is Cc1ccc2c(c1)C(NC(=O)CCn1ccc(=O)[nH]c1=O)CCO2. The van der Waals surface area contributed by atoms with Gasteiger partial charge in [0.15, 0.2) is 0 Å². The summed E-state index contributed by atoms with van der Waals surface area (Å²) in [5, 5.41) is 3.00. The second kappa shape index (κ2) is 6.74. The first-order valence-electron chi connectivity index (χ1n) is 7.85. The van der Waals surface area contributed by atoms with Crippen molar-refractivity contribution in [3.8, 4) is 5.75 Å². The Morgan fingerprint density at radius 1 is 1.38 bits per heavy atom. The van der Waals surface area contributed by atoms with Crippen molar-refractivity contribution in [1.29, 1.82) is 0 Å². The van der Waals surface area contributed by atoms with E-state index in [9.17, 15) is 14.4 Å². The van der Waals surface area contributed by atoms with Crippen LogP contribution in [0.5, 0.6) is 5.75 Å². The van der Waals surface area contributed by atoms with Crippen molar-refractivity contribution in [2.75, 3.05) is 6.61 Å². The molecule has 3 rings (SSSR count). The molecule has 2 heterocycles. The van der Waals surface area contributed by atoms with Crippen LogP contribution in [0.3, 0.4) is 0 Å². The van der Waals surface area contributed by atoms with E-state index < -0.39 is 11.2 Å². The minimum Gasteiger partial charge on any atom is -0.493 e. The standard InChI is InChI=1S/C17H19N3O4/c1-11-2-3-14-12(10-11)13(6-9-24-14)18-15(21)4-7-20-8-5-16(22)19-17(20)23/h2-3,5,8,10,13H,4,6-7,9H2,1H3,(H,18,21)(H,19,22,23). The number of H-pyrrole nitrogens is 1. The van der Waals surface area contributed by atoms with Gasteiger partial charge in [0.2, 0.25) is 5.91 Å². The summed E-state index contributed by atoms with van der Waals surface area (Å²) in [7, 11) is 0. The van der Waals surface area contributed by atoms with Gasteiger partial charge in [0.1, 0.15) is 5.75 Å². The quantitative estimate of drug-likeness (QED) is 0.870. The van der Waals surface area contributed by atoms with E-state index in [0.29, 0.717) is 13.0 Å². The smallest absolute Gasteiger partial charge is 0.328 e. The highest BCUT2D eigenvalue weighted by Gasteiger charge is 2.23. The lowest BCUT2D eigenvalue weighted by Gasteiger charge is -2.27. The van der Waals surface area contributed by atoms with Crippen LogP contribution in [0.1, 0.15) is 30.0 Å². The van der Waals surface area contributed by atoms with Crippen LogP contribution in [0.2, 0.25) is 0 Å². The summed E-state index contributed by atoms with van der Waals surface area (Å²) in [5.41, 5.74) is 1.13. The topological polar surface area (TPSA) is 93.2 Å². The zero-order chi connectivity index (χ0) is 17.1. The van der Waals surface area contributed by atoms with Crippen LogP contribution in [0.15, 0.2) is 40.1 Å². The maximum absolute atomic E-state index is 12.2. The van der Waals surface area contributed by atoms with Crippen molar-refractivity contribution < 1.29 is 9.53 Å². The Hall–Kier alpha value is -2.83. The largest absolute Gasteiger partial charge is 0.493 e. The monoisotopic (exact) mass is 329 g/mol. The molecule has 1 amide bonds. The molecule has 2 aromatic rings. The fourth-order valence-electron chi connectivity index (χ4n) is 2.77. The molecule has 0 bridgehead atoms. The number of fused-ring (bicyclic) bond motifs is 1. The van der Waals surface area contributed by atoms with Crippen LogP contribution in [0, 0.1) is 6.92 Å². The van der Waals surface area contributed by atoms with Crippen LogP contribution in [0.25, 0.3) is 0 Å². The molecule has 7 nitrogen and oxygen atoms in total. The van der Waals surface area contributed by atoms with Crippen molar-refractivity contribution in [2.45, 2.75) is 32.4 Å². The predicted octanol–water partition coefficient (Wildman–Crippen LogP) is 0.875. The fourth-order valence-corrected chi connectivity index (χ4v) is 2.77. The molecular formula is C17H19N3O4. The van der Waals surface area contributed by atoms with Crippen LogP contribution >= 0.6 is 0 Å². The lowest BCUT2D eigenvalue weighted by Crippen LogP contribution is -2.34. The van der Waals surface area contributed by atoms with Crippen molar-refractivity contribution in [1.82, 2.24) is 14.9 Å². The minimum absolute atomic E-state index is 0.0894. The van der Waals surface area contributed by atoms with Crippen molar-refractivity contribution in [3.63, 3.8) is 0 Å². The predicted molar refractivity (Wildman–Crippen MR) is 88.1 cm³/mol. The Bertz CT molecular complexity index is 869. The lowest BCUT2D eigenvalue weighted by molar-refractivity contribution is -0.122. The third-order valence-electron chi connectivity index (χ3n) is 4.02. The first-order chi connectivity index (χ1) is 11.5. The van der Waals surface area contributed by atoms with Crippen molar-refractivity contribution in [2.24, 2.45) is 0 Å². The highest BCUT2D eigenvalue weighted by Crippen LogP contribution is 2.32. The number of benzene rings is 1. The summed E-state index contributed by atoms with van der Waals surface area (Å²) >= 11 is 0. The summed E-state index contributed by atoms with van der Waals surface area (Å²) in [6, 6.07) is 7.09. The second-order valence-electron chi connectivity index (χ2n) is 5.85. The number of carbonyl (C=O) groups is 1. The lowest BCUT2D eigenvalue weighted by atomic mass is 9.98. The van der Waals surface area contributed by atoms with E-state index in [2.05, 4.69) is 10.3 Å². The maximum atomic E-state index is 12.2. The second-order valence-corrected chi connectivity index (χ2v) is 5.85. The molecule has 1 aromatic carbocycles. The van der Waals surface area contributed by atoms with Gasteiger partial charge in [-0.05, 0) is 13.0 Å². The molecule has 7 heteroatoms. The molecule has 126 valence electrons. The van der Waals surface area contributed by atoms with Gasteiger partial charge < -0.3 is 14.6 Å². The Morgan fingerprint density at radius 2 is 2.21 bits per heavy atom. The van der Waals surface area contributed by atoms with E-state index in [1.807, 2.05) is 25.1 Å². The van der Waals surface area contributed by atoms with E-state index in [4.69, 9.17) is 4.74 Å². The van der Waals surface area contributed by atoms with Crippen molar-refractivity contribution >= 4 is 5.91 Å². The molecule has 0 radical (unpaired) electrons. The van der Waals surface area contributed by atoms with Gasteiger partial charge in [0.05, 0.1) is 12.6 Å². The van der Waals surface area contributed by atoms with Gasteiger partial charge in [-0.2, -0.15) is 0 Å². The number of rotatable bonds is 4. The number of hydrogen-bond donors (Lipinski definition) is 2. The maximum Gasteiger partial charge on any atom is 0.328 e. The number of aryl methyl sites for hydroxylation is 2. The first-order valence-corrected chi connectivity index (χ1v) is 7.85. The zero-order valence-corrected chi connectivity index (χ0v) is 13.4. The molecule has 0 fully saturated rings. The summed E-state index contributed by atoms with van der Waals surface area (Å²) in [6.45, 7) is 2.77. The summed E-state index contributed by atoms with van der Waals surface area (Å²) in [6.07, 6.45) is 2.26. The zero-order valence-electron chi connectivity index (χ0n) is 13.4. The Balaban J connectivity index is 1.65. The molecule has 1 unspecified atom stereocenters. The highest BCUT2D eigenvalue weighted by atomic mass is 16.5. The number of carbonyl (C=O) groups excluding carboxylic acids is 1. The van der Waals surface area contributed by atoms with Gasteiger partial charge in [-0.3, -0.25) is 14.6 Å². The normalized spacial score (nSPS) is 16.1. The van der Waals surface area contributed by atoms with Gasteiger partial charge in [-0.25, -0.2) is 4.79 Å². The number of nitrogens with zero attached hydrogens (tertiary/aromatic N) is 1. The van der Waals surface area contributed by atoms with E-state index in [0.717, 1.165) is 16.9 Å². The van der Waals surface area contributed by atoms with Crippen LogP contribution in [-0.4, -0.2) is 22.1 Å². The molecule has 2 N–H and O–H groups in total. The molecule has 1 atom stereocenters. The van der Waals surface area contributed by atoms with Gasteiger partial charge in [-0.1, -0.05) is 17.7 Å². The highest BCUT2D eigenvalue weighted by molar-refractivity contribution is 5.76. The van der Waals surface area contributed by atoms with Crippen LogP contribution < -0.4 is 21.3 Å². The van der Waals surface area contributed by atoms with E-state index in [1.54, 1.807) is 0 Å². The third kappa shape index (κ3) is 3.56. The number of aromatic nitrogens is 2. The van der Waals surface area contributed by atoms with Gasteiger partial charge in [0.25, 0.3) is 5.56 Å². The Kier molecular flexibility index (Phi) is 4.50. The van der Waals surface area contributed by atoms with Gasteiger partial charge >= 0.3 is 5.69 Å². The number of ether oxygens (including phenoxy) is 1. The fraction of sp³-hybridized carbons (Fsp3) is 0.353. The Morgan fingerprint density at radius 3 is 3.00 bits per heavy atom. The van der Waals surface area contributed by atoms with Crippen LogP contribution in [-0.2, 0) is 11.3 Å². The summed E-state index contributed by atoms with van der Waals surface area (Å²) in [5.74, 6) is 0.654. The minimum atomic E-state index is -0.512. The summed E-state index contributed by atoms with van der Waals surface area (Å²) < 4.78 is 6.92. The van der Waals surface area contributed by atoms with E-state index in [1.165, 1.54) is 16.8 Å². The molecule has 1 aromatic heterocycles. The average Bonchev–Trinajstić information content (AvgIpc) is 2.54. The van der Waals surface area contributed by atoms with Gasteiger partial charge in [0, 0.05) is 37.2 Å². The molecular weight excluding hydrogens is 310 g/mol. The number of amides is 1. The first kappa shape index (κ1) is 16.0. The molecule has 1 aliphatic heterocycles. The Labute approximate surface area is 138 Å². The number of nitrogens with one attached hydrogen (secondary N) is 2. The molecule has 0 spiro atoms.